The van der Waals surface area contributed by atoms with Gasteiger partial charge in [-0.15, -0.1) is 0 Å². The highest BCUT2D eigenvalue weighted by atomic mass is 16.4. The van der Waals surface area contributed by atoms with Crippen molar-refractivity contribution in [1.29, 1.82) is 0 Å². The number of benzene rings is 1. The first-order valence-corrected chi connectivity index (χ1v) is 6.15. The van der Waals surface area contributed by atoms with E-state index in [0.717, 1.165) is 28.7 Å². The van der Waals surface area contributed by atoms with Crippen LogP contribution in [-0.4, -0.2) is 35.1 Å². The zero-order chi connectivity index (χ0) is 14.0. The van der Waals surface area contributed by atoms with E-state index in [0.29, 0.717) is 0 Å². The summed E-state index contributed by atoms with van der Waals surface area (Å²) in [6.07, 6.45) is 2.83. The molecule has 1 aromatic heterocycles. The van der Waals surface area contributed by atoms with Crippen LogP contribution in [0.5, 0.6) is 0 Å². The molecule has 0 radical (unpaired) electrons. The SMILES string of the molecule is Cc1[nH]c2cccc(C=CC(=O)O)c2c1CN(C)C. The predicted octanol–water partition coefficient (Wildman–Crippen LogP) is 2.64. The summed E-state index contributed by atoms with van der Waals surface area (Å²) in [6.45, 7) is 2.87. The van der Waals surface area contributed by atoms with Gasteiger partial charge < -0.3 is 15.0 Å². The molecule has 2 rings (SSSR count). The molecular weight excluding hydrogens is 240 g/mol. The van der Waals surface area contributed by atoms with E-state index in [2.05, 4.69) is 9.88 Å². The van der Waals surface area contributed by atoms with Gasteiger partial charge in [0.1, 0.15) is 0 Å². The summed E-state index contributed by atoms with van der Waals surface area (Å²) in [7, 11) is 4.04. The molecule has 0 aliphatic rings. The van der Waals surface area contributed by atoms with E-state index >= 15 is 0 Å². The van der Waals surface area contributed by atoms with Crippen LogP contribution in [0.1, 0.15) is 16.8 Å². The summed E-state index contributed by atoms with van der Waals surface area (Å²) in [5.74, 6) is -0.932. The van der Waals surface area contributed by atoms with Crippen LogP contribution in [0, 0.1) is 6.92 Å². The number of aromatic amines is 1. The van der Waals surface area contributed by atoms with Gasteiger partial charge in [-0.05, 0) is 44.3 Å². The lowest BCUT2D eigenvalue weighted by Crippen LogP contribution is -2.11. The van der Waals surface area contributed by atoms with Crippen LogP contribution in [0.15, 0.2) is 24.3 Å². The molecule has 0 spiro atoms. The number of fused-ring (bicyclic) bond motifs is 1. The number of aromatic nitrogens is 1. The van der Waals surface area contributed by atoms with Gasteiger partial charge in [0.2, 0.25) is 0 Å². The first kappa shape index (κ1) is 13.4. The second kappa shape index (κ2) is 5.28. The Morgan fingerprint density at radius 2 is 2.16 bits per heavy atom. The molecule has 4 nitrogen and oxygen atoms in total. The van der Waals surface area contributed by atoms with Crippen molar-refractivity contribution in [2.24, 2.45) is 0 Å². The van der Waals surface area contributed by atoms with E-state index in [9.17, 15) is 4.79 Å². The summed E-state index contributed by atoms with van der Waals surface area (Å²) < 4.78 is 0. The van der Waals surface area contributed by atoms with Gasteiger partial charge in [-0.2, -0.15) is 0 Å². The van der Waals surface area contributed by atoms with Crippen molar-refractivity contribution in [3.63, 3.8) is 0 Å². The molecule has 0 amide bonds. The fourth-order valence-electron chi connectivity index (χ4n) is 2.29. The van der Waals surface area contributed by atoms with Crippen LogP contribution < -0.4 is 0 Å². The molecule has 0 unspecified atom stereocenters. The van der Waals surface area contributed by atoms with Gasteiger partial charge in [0.25, 0.3) is 0 Å². The van der Waals surface area contributed by atoms with E-state index in [1.807, 2.05) is 39.2 Å². The number of carboxylic acid groups (broad SMARTS) is 1. The molecule has 2 aromatic rings. The molecule has 2 N–H and O–H groups in total. The van der Waals surface area contributed by atoms with Gasteiger partial charge in [0, 0.05) is 29.2 Å². The Balaban J connectivity index is 2.61. The third-order valence-corrected chi connectivity index (χ3v) is 3.05. The lowest BCUT2D eigenvalue weighted by Gasteiger charge is -2.10. The van der Waals surface area contributed by atoms with Crippen molar-refractivity contribution in [3.8, 4) is 0 Å². The Bertz CT molecular complexity index is 639. The highest BCUT2D eigenvalue weighted by Crippen LogP contribution is 2.27. The summed E-state index contributed by atoms with van der Waals surface area (Å²) in [5, 5.41) is 9.87. The first-order chi connectivity index (χ1) is 8.99. The Hall–Kier alpha value is -2.07. The minimum absolute atomic E-state index is 0.823. The smallest absolute Gasteiger partial charge is 0.328 e. The minimum atomic E-state index is -0.932. The van der Waals surface area contributed by atoms with E-state index in [1.54, 1.807) is 6.08 Å². The van der Waals surface area contributed by atoms with Crippen LogP contribution in [0.2, 0.25) is 0 Å². The second-order valence-corrected chi connectivity index (χ2v) is 4.91. The molecule has 19 heavy (non-hydrogen) atoms. The fourth-order valence-corrected chi connectivity index (χ4v) is 2.29. The maximum absolute atomic E-state index is 10.7. The van der Waals surface area contributed by atoms with Crippen LogP contribution in [0.25, 0.3) is 17.0 Å². The van der Waals surface area contributed by atoms with Crippen molar-refractivity contribution in [2.45, 2.75) is 13.5 Å². The van der Waals surface area contributed by atoms with Crippen LogP contribution >= 0.6 is 0 Å². The number of H-pyrrole nitrogens is 1. The molecule has 0 atom stereocenters. The third kappa shape index (κ3) is 2.85. The molecule has 4 heteroatoms. The monoisotopic (exact) mass is 258 g/mol. The number of aliphatic carboxylic acids is 1. The average Bonchev–Trinajstić information content (AvgIpc) is 2.63. The van der Waals surface area contributed by atoms with Crippen molar-refractivity contribution >= 4 is 22.9 Å². The molecule has 0 aliphatic heterocycles. The molecule has 0 saturated heterocycles. The summed E-state index contributed by atoms with van der Waals surface area (Å²) >= 11 is 0. The number of hydrogen-bond acceptors (Lipinski definition) is 2. The van der Waals surface area contributed by atoms with Crippen LogP contribution in [-0.2, 0) is 11.3 Å². The largest absolute Gasteiger partial charge is 0.478 e. The number of rotatable bonds is 4. The lowest BCUT2D eigenvalue weighted by molar-refractivity contribution is -0.131. The molecule has 0 aliphatic carbocycles. The van der Waals surface area contributed by atoms with Gasteiger partial charge >= 0.3 is 5.97 Å². The van der Waals surface area contributed by atoms with Crippen molar-refractivity contribution < 1.29 is 9.90 Å². The molecular formula is C15H18N2O2. The quantitative estimate of drug-likeness (QED) is 0.829. The number of aryl methyl sites for hydroxylation is 1. The van der Waals surface area contributed by atoms with Gasteiger partial charge in [-0.25, -0.2) is 4.79 Å². The van der Waals surface area contributed by atoms with Gasteiger partial charge in [0.15, 0.2) is 0 Å². The Kier molecular flexibility index (Phi) is 3.71. The van der Waals surface area contributed by atoms with E-state index in [-0.39, 0.29) is 0 Å². The number of carbonyl (C=O) groups is 1. The summed E-state index contributed by atoms with van der Waals surface area (Å²) in [6, 6.07) is 5.88. The molecule has 0 bridgehead atoms. The third-order valence-electron chi connectivity index (χ3n) is 3.05. The predicted molar refractivity (Wildman–Crippen MR) is 77.1 cm³/mol. The van der Waals surface area contributed by atoms with Crippen LogP contribution in [0.3, 0.4) is 0 Å². The van der Waals surface area contributed by atoms with E-state index in [4.69, 9.17) is 5.11 Å². The summed E-state index contributed by atoms with van der Waals surface area (Å²) in [4.78, 5) is 16.1. The number of nitrogens with zero attached hydrogens (tertiary/aromatic N) is 1. The summed E-state index contributed by atoms with van der Waals surface area (Å²) in [5.41, 5.74) is 4.31. The van der Waals surface area contributed by atoms with Crippen molar-refractivity contribution in [1.82, 2.24) is 9.88 Å². The number of carboxylic acids is 1. The zero-order valence-corrected chi connectivity index (χ0v) is 11.4. The molecule has 0 fully saturated rings. The topological polar surface area (TPSA) is 56.3 Å². The normalized spacial score (nSPS) is 11.8. The maximum atomic E-state index is 10.7. The van der Waals surface area contributed by atoms with Gasteiger partial charge in [0.05, 0.1) is 0 Å². The molecule has 1 heterocycles. The van der Waals surface area contributed by atoms with Gasteiger partial charge in [-0.1, -0.05) is 12.1 Å². The minimum Gasteiger partial charge on any atom is -0.478 e. The lowest BCUT2D eigenvalue weighted by atomic mass is 10.0. The van der Waals surface area contributed by atoms with Crippen molar-refractivity contribution in [2.75, 3.05) is 14.1 Å². The number of hydrogen-bond donors (Lipinski definition) is 2. The fraction of sp³-hybridized carbons (Fsp3) is 0.267. The maximum Gasteiger partial charge on any atom is 0.328 e. The zero-order valence-electron chi connectivity index (χ0n) is 11.4. The average molecular weight is 258 g/mol. The van der Waals surface area contributed by atoms with Crippen LogP contribution in [0.4, 0.5) is 0 Å². The molecule has 0 saturated carbocycles. The Morgan fingerprint density at radius 3 is 2.79 bits per heavy atom. The first-order valence-electron chi connectivity index (χ1n) is 6.15. The van der Waals surface area contributed by atoms with Gasteiger partial charge in [-0.3, -0.25) is 0 Å². The van der Waals surface area contributed by atoms with E-state index in [1.165, 1.54) is 11.6 Å². The standard InChI is InChI=1S/C15H18N2O2/c1-10-12(9-17(2)3)15-11(7-8-14(18)19)5-4-6-13(15)16-10/h4-8,16H,9H2,1-3H3,(H,18,19). The second-order valence-electron chi connectivity index (χ2n) is 4.91. The Morgan fingerprint density at radius 1 is 1.42 bits per heavy atom. The highest BCUT2D eigenvalue weighted by Gasteiger charge is 2.11. The molecule has 100 valence electrons. The number of nitrogens with one attached hydrogen (secondary N) is 1. The van der Waals surface area contributed by atoms with Crippen molar-refractivity contribution in [3.05, 3.63) is 41.1 Å². The van der Waals surface area contributed by atoms with E-state index < -0.39 is 5.97 Å². The molecule has 1 aromatic carbocycles. The Labute approximate surface area is 112 Å². The highest BCUT2D eigenvalue weighted by molar-refractivity contribution is 5.95.